The molecule has 126 valence electrons. The fourth-order valence-electron chi connectivity index (χ4n) is 2.33. The summed E-state index contributed by atoms with van der Waals surface area (Å²) < 4.78 is 15.9. The largest absolute Gasteiger partial charge is 0.493 e. The fourth-order valence-corrected chi connectivity index (χ4v) is 2.33. The Balaban J connectivity index is 2.58. The number of ketones is 1. The van der Waals surface area contributed by atoms with Crippen molar-refractivity contribution in [1.82, 2.24) is 0 Å². The smallest absolute Gasteiger partial charge is 0.255 e. The van der Waals surface area contributed by atoms with E-state index in [0.29, 0.717) is 17.1 Å². The normalized spacial score (nSPS) is 10.0. The van der Waals surface area contributed by atoms with Crippen LogP contribution >= 0.6 is 0 Å². The maximum absolute atomic E-state index is 12.5. The van der Waals surface area contributed by atoms with Gasteiger partial charge < -0.3 is 19.5 Å². The topological polar surface area (TPSA) is 73.9 Å². The minimum absolute atomic E-state index is 0.228. The van der Waals surface area contributed by atoms with Crippen LogP contribution in [-0.4, -0.2) is 33.0 Å². The van der Waals surface area contributed by atoms with E-state index in [9.17, 15) is 9.59 Å². The van der Waals surface area contributed by atoms with Crippen LogP contribution in [0.3, 0.4) is 0 Å². The van der Waals surface area contributed by atoms with Crippen molar-refractivity contribution in [2.75, 3.05) is 26.6 Å². The van der Waals surface area contributed by atoms with E-state index >= 15 is 0 Å². The van der Waals surface area contributed by atoms with Gasteiger partial charge in [-0.1, -0.05) is 18.2 Å². The van der Waals surface area contributed by atoms with E-state index in [2.05, 4.69) is 5.32 Å². The molecule has 0 spiro atoms. The number of anilines is 1. The molecule has 0 fully saturated rings. The molecule has 0 heterocycles. The maximum Gasteiger partial charge on any atom is 0.255 e. The zero-order valence-electron chi connectivity index (χ0n) is 14.0. The Hall–Kier alpha value is -3.02. The lowest BCUT2D eigenvalue weighted by molar-refractivity contribution is 0.101. The van der Waals surface area contributed by atoms with Gasteiger partial charge in [-0.3, -0.25) is 9.59 Å². The first kappa shape index (κ1) is 17.3. The second kappa shape index (κ2) is 7.50. The van der Waals surface area contributed by atoms with Crippen LogP contribution < -0.4 is 19.5 Å². The molecule has 6 nitrogen and oxygen atoms in total. The van der Waals surface area contributed by atoms with Crippen molar-refractivity contribution < 1.29 is 23.8 Å². The van der Waals surface area contributed by atoms with Crippen LogP contribution in [-0.2, 0) is 0 Å². The fraction of sp³-hybridized carbons (Fsp3) is 0.222. The molecule has 1 amide bonds. The van der Waals surface area contributed by atoms with Crippen LogP contribution in [0.5, 0.6) is 17.2 Å². The molecule has 0 aliphatic rings. The van der Waals surface area contributed by atoms with Crippen molar-refractivity contribution in [1.29, 1.82) is 0 Å². The molecular weight excluding hydrogens is 310 g/mol. The average molecular weight is 329 g/mol. The van der Waals surface area contributed by atoms with E-state index in [-0.39, 0.29) is 28.7 Å². The molecule has 0 unspecified atom stereocenters. The quantitative estimate of drug-likeness (QED) is 0.824. The van der Waals surface area contributed by atoms with E-state index in [1.165, 1.54) is 34.3 Å². The highest BCUT2D eigenvalue weighted by Gasteiger charge is 2.24. The minimum Gasteiger partial charge on any atom is -0.493 e. The second-order valence-electron chi connectivity index (χ2n) is 4.94. The van der Waals surface area contributed by atoms with E-state index in [1.54, 1.807) is 24.3 Å². The molecule has 2 aromatic carbocycles. The molecule has 0 aliphatic carbocycles. The summed E-state index contributed by atoms with van der Waals surface area (Å²) in [5.41, 5.74) is 0.981. The number of amides is 1. The zero-order valence-corrected chi connectivity index (χ0v) is 14.0. The molecule has 0 bridgehead atoms. The minimum atomic E-state index is -0.358. The van der Waals surface area contributed by atoms with Gasteiger partial charge in [0.1, 0.15) is 0 Å². The first-order valence-corrected chi connectivity index (χ1v) is 7.23. The molecule has 0 aliphatic heterocycles. The number of Topliss-reactive ketones (excluding diaryl/α,β-unsaturated/α-hetero) is 1. The predicted molar refractivity (Wildman–Crippen MR) is 90.5 cm³/mol. The van der Waals surface area contributed by atoms with Gasteiger partial charge in [0.2, 0.25) is 5.75 Å². The summed E-state index contributed by atoms with van der Waals surface area (Å²) in [6, 6.07) is 10.2. The molecule has 2 rings (SSSR count). The van der Waals surface area contributed by atoms with Gasteiger partial charge in [0.15, 0.2) is 17.3 Å². The number of nitrogens with one attached hydrogen (secondary N) is 1. The highest BCUT2D eigenvalue weighted by molar-refractivity contribution is 6.11. The van der Waals surface area contributed by atoms with Gasteiger partial charge in [-0.15, -0.1) is 0 Å². The number of benzene rings is 2. The molecule has 2 aromatic rings. The highest BCUT2D eigenvalue weighted by atomic mass is 16.5. The summed E-state index contributed by atoms with van der Waals surface area (Å²) in [6.45, 7) is 1.40. The van der Waals surface area contributed by atoms with Crippen molar-refractivity contribution in [3.8, 4) is 17.2 Å². The first-order chi connectivity index (χ1) is 11.5. The Bertz CT molecular complexity index is 756. The third-order valence-electron chi connectivity index (χ3n) is 3.48. The summed E-state index contributed by atoms with van der Waals surface area (Å²) in [5, 5.41) is 2.73. The summed E-state index contributed by atoms with van der Waals surface area (Å²) in [6.07, 6.45) is 0. The van der Waals surface area contributed by atoms with Gasteiger partial charge in [0.05, 0.1) is 27.0 Å². The molecule has 0 radical (unpaired) electrons. The van der Waals surface area contributed by atoms with Gasteiger partial charge in [0, 0.05) is 11.1 Å². The molecule has 24 heavy (non-hydrogen) atoms. The number of ether oxygens (including phenoxy) is 3. The van der Waals surface area contributed by atoms with Crippen LogP contribution in [0.1, 0.15) is 27.6 Å². The van der Waals surface area contributed by atoms with Crippen molar-refractivity contribution in [3.63, 3.8) is 0 Å². The summed E-state index contributed by atoms with van der Waals surface area (Å²) in [7, 11) is 4.35. The molecule has 6 heteroatoms. The number of rotatable bonds is 6. The Morgan fingerprint density at radius 3 is 2.04 bits per heavy atom. The Morgan fingerprint density at radius 1 is 0.917 bits per heavy atom. The first-order valence-electron chi connectivity index (χ1n) is 7.23. The number of carbonyl (C=O) groups excluding carboxylic acids is 2. The standard InChI is InChI=1S/C18H19NO5/c1-11(20)13-10-14(22-2)16(23-3)17(24-4)15(13)19-18(21)12-8-6-5-7-9-12/h5-10H,1-4H3,(H,19,21). The SMILES string of the molecule is COc1cc(C(C)=O)c(NC(=O)c2ccccc2)c(OC)c1OC. The van der Waals surface area contributed by atoms with E-state index in [0.717, 1.165) is 0 Å². The lowest BCUT2D eigenvalue weighted by atomic mass is 10.1. The second-order valence-corrected chi connectivity index (χ2v) is 4.94. The van der Waals surface area contributed by atoms with Crippen molar-refractivity contribution in [3.05, 3.63) is 47.5 Å². The van der Waals surface area contributed by atoms with Gasteiger partial charge in [-0.25, -0.2) is 0 Å². The van der Waals surface area contributed by atoms with Gasteiger partial charge in [-0.2, -0.15) is 0 Å². The lowest BCUT2D eigenvalue weighted by Gasteiger charge is -2.19. The predicted octanol–water partition coefficient (Wildman–Crippen LogP) is 3.17. The molecule has 1 N–H and O–H groups in total. The average Bonchev–Trinajstić information content (AvgIpc) is 2.61. The lowest BCUT2D eigenvalue weighted by Crippen LogP contribution is -2.16. The molecule has 0 aromatic heterocycles. The van der Waals surface area contributed by atoms with Crippen molar-refractivity contribution in [2.45, 2.75) is 6.92 Å². The Labute approximate surface area is 140 Å². The highest BCUT2D eigenvalue weighted by Crippen LogP contribution is 2.45. The van der Waals surface area contributed by atoms with Crippen LogP contribution in [0.25, 0.3) is 0 Å². The van der Waals surface area contributed by atoms with Crippen LogP contribution in [0.15, 0.2) is 36.4 Å². The number of carbonyl (C=O) groups is 2. The number of hydrogen-bond donors (Lipinski definition) is 1. The third-order valence-corrected chi connectivity index (χ3v) is 3.48. The van der Waals surface area contributed by atoms with Crippen LogP contribution in [0.2, 0.25) is 0 Å². The molecule has 0 saturated heterocycles. The van der Waals surface area contributed by atoms with Crippen molar-refractivity contribution in [2.24, 2.45) is 0 Å². The zero-order chi connectivity index (χ0) is 17.7. The summed E-state index contributed by atoms with van der Waals surface area (Å²) in [5.74, 6) is 0.276. The van der Waals surface area contributed by atoms with Gasteiger partial charge in [0.25, 0.3) is 5.91 Å². The van der Waals surface area contributed by atoms with E-state index in [1.807, 2.05) is 6.07 Å². The number of hydrogen-bond acceptors (Lipinski definition) is 5. The summed E-state index contributed by atoms with van der Waals surface area (Å²) >= 11 is 0. The maximum atomic E-state index is 12.5. The Kier molecular flexibility index (Phi) is 5.42. The van der Waals surface area contributed by atoms with E-state index in [4.69, 9.17) is 14.2 Å². The van der Waals surface area contributed by atoms with Gasteiger partial charge in [-0.05, 0) is 25.1 Å². The Morgan fingerprint density at radius 2 is 1.54 bits per heavy atom. The monoisotopic (exact) mass is 329 g/mol. The third kappa shape index (κ3) is 3.32. The van der Waals surface area contributed by atoms with Crippen molar-refractivity contribution >= 4 is 17.4 Å². The van der Waals surface area contributed by atoms with Crippen LogP contribution in [0.4, 0.5) is 5.69 Å². The summed E-state index contributed by atoms with van der Waals surface area (Å²) in [4.78, 5) is 24.5. The molecular formula is C18H19NO5. The van der Waals surface area contributed by atoms with Gasteiger partial charge >= 0.3 is 0 Å². The van der Waals surface area contributed by atoms with E-state index < -0.39 is 0 Å². The molecule has 0 atom stereocenters. The number of methoxy groups -OCH3 is 3. The molecule has 0 saturated carbocycles. The van der Waals surface area contributed by atoms with Crippen LogP contribution in [0, 0.1) is 0 Å².